The molecule has 0 saturated heterocycles. The number of nitrogens with two attached hydrogens (primary N) is 1. The first kappa shape index (κ1) is 13.2. The Morgan fingerprint density at radius 1 is 1.12 bits per heavy atom. The normalized spacial score (nSPS) is 14.9. The summed E-state index contributed by atoms with van der Waals surface area (Å²) in [5.74, 6) is 0.154. The molecule has 0 spiro atoms. The highest BCUT2D eigenvalue weighted by atomic mass is 16.3. The van der Waals surface area contributed by atoms with E-state index < -0.39 is 6.10 Å². The Hall–Kier alpha value is -0.860. The van der Waals surface area contributed by atoms with Crippen molar-refractivity contribution < 1.29 is 5.11 Å². The molecule has 16 heavy (non-hydrogen) atoms. The lowest BCUT2D eigenvalue weighted by Gasteiger charge is -2.22. The van der Waals surface area contributed by atoms with E-state index in [9.17, 15) is 5.11 Å². The van der Waals surface area contributed by atoms with Gasteiger partial charge in [-0.1, -0.05) is 19.1 Å². The summed E-state index contributed by atoms with van der Waals surface area (Å²) >= 11 is 0. The molecular formula is C14H23NO. The number of hydrogen-bond donors (Lipinski definition) is 2. The van der Waals surface area contributed by atoms with Crippen molar-refractivity contribution in [3.63, 3.8) is 0 Å². The van der Waals surface area contributed by atoms with Crippen molar-refractivity contribution in [2.45, 2.75) is 40.2 Å². The van der Waals surface area contributed by atoms with E-state index in [1.54, 1.807) is 0 Å². The van der Waals surface area contributed by atoms with Gasteiger partial charge in [-0.2, -0.15) is 0 Å². The largest absolute Gasteiger partial charge is 0.388 e. The van der Waals surface area contributed by atoms with Gasteiger partial charge in [-0.05, 0) is 56.0 Å². The van der Waals surface area contributed by atoms with Gasteiger partial charge < -0.3 is 10.8 Å². The van der Waals surface area contributed by atoms with E-state index in [4.69, 9.17) is 5.73 Å². The number of aliphatic hydroxyl groups excluding tert-OH is 1. The van der Waals surface area contributed by atoms with Crippen LogP contribution in [0.4, 0.5) is 0 Å². The number of rotatable bonds is 4. The first-order valence-electron chi connectivity index (χ1n) is 5.97. The summed E-state index contributed by atoms with van der Waals surface area (Å²) in [5, 5.41) is 10.3. The molecule has 0 heterocycles. The lowest BCUT2D eigenvalue weighted by Crippen LogP contribution is -2.22. The van der Waals surface area contributed by atoms with Crippen LogP contribution < -0.4 is 5.73 Å². The third-order valence-corrected chi connectivity index (χ3v) is 3.47. The highest BCUT2D eigenvalue weighted by molar-refractivity contribution is 5.37. The van der Waals surface area contributed by atoms with Gasteiger partial charge in [0.15, 0.2) is 0 Å². The molecule has 0 aliphatic rings. The molecule has 2 atom stereocenters. The molecule has 0 fully saturated rings. The topological polar surface area (TPSA) is 46.2 Å². The third kappa shape index (κ3) is 2.63. The van der Waals surface area contributed by atoms with Crippen LogP contribution in [0.3, 0.4) is 0 Å². The molecule has 0 bridgehead atoms. The fourth-order valence-electron chi connectivity index (χ4n) is 2.07. The molecule has 3 N–H and O–H groups in total. The fourth-order valence-corrected chi connectivity index (χ4v) is 2.07. The Balaban J connectivity index is 3.07. The molecule has 0 amide bonds. The highest BCUT2D eigenvalue weighted by Crippen LogP contribution is 2.28. The van der Waals surface area contributed by atoms with Gasteiger partial charge in [0, 0.05) is 5.92 Å². The van der Waals surface area contributed by atoms with Crippen molar-refractivity contribution >= 4 is 0 Å². The number of benzene rings is 1. The monoisotopic (exact) mass is 221 g/mol. The first-order chi connectivity index (χ1) is 7.51. The maximum absolute atomic E-state index is 10.3. The van der Waals surface area contributed by atoms with Crippen LogP contribution in [0, 0.1) is 26.7 Å². The summed E-state index contributed by atoms with van der Waals surface area (Å²) in [6.07, 6.45) is 0.471. The zero-order valence-electron chi connectivity index (χ0n) is 10.7. The van der Waals surface area contributed by atoms with E-state index in [1.165, 1.54) is 11.1 Å². The first-order valence-corrected chi connectivity index (χ1v) is 5.97. The third-order valence-electron chi connectivity index (χ3n) is 3.47. The van der Waals surface area contributed by atoms with Crippen LogP contribution >= 0.6 is 0 Å². The summed E-state index contributed by atoms with van der Waals surface area (Å²) in [6, 6.07) is 4.23. The average molecular weight is 221 g/mol. The summed E-state index contributed by atoms with van der Waals surface area (Å²) in [6.45, 7) is 8.82. The predicted octanol–water partition coefficient (Wildman–Crippen LogP) is 2.63. The van der Waals surface area contributed by atoms with Gasteiger partial charge in [0.25, 0.3) is 0 Å². The van der Waals surface area contributed by atoms with Crippen molar-refractivity contribution in [1.82, 2.24) is 0 Å². The Labute approximate surface area is 98.5 Å². The fraction of sp³-hybridized carbons (Fsp3) is 0.571. The predicted molar refractivity (Wildman–Crippen MR) is 68.4 cm³/mol. The molecule has 2 unspecified atom stereocenters. The molecule has 0 aliphatic carbocycles. The minimum absolute atomic E-state index is 0.154. The van der Waals surface area contributed by atoms with Crippen LogP contribution in [-0.2, 0) is 0 Å². The van der Waals surface area contributed by atoms with Gasteiger partial charge in [0.1, 0.15) is 0 Å². The molecular weight excluding hydrogens is 198 g/mol. The van der Waals surface area contributed by atoms with Gasteiger partial charge in [0.2, 0.25) is 0 Å². The second-order valence-electron chi connectivity index (χ2n) is 4.64. The molecule has 2 heteroatoms. The summed E-state index contributed by atoms with van der Waals surface area (Å²) < 4.78 is 0. The summed E-state index contributed by atoms with van der Waals surface area (Å²) in [4.78, 5) is 0. The van der Waals surface area contributed by atoms with E-state index in [-0.39, 0.29) is 5.92 Å². The van der Waals surface area contributed by atoms with Crippen molar-refractivity contribution in [3.05, 3.63) is 34.4 Å². The molecule has 0 aromatic heterocycles. The number of hydrogen-bond acceptors (Lipinski definition) is 2. The molecule has 0 aliphatic heterocycles. The smallest absolute Gasteiger partial charge is 0.0832 e. The molecule has 0 saturated carbocycles. The Morgan fingerprint density at radius 3 is 2.19 bits per heavy atom. The maximum Gasteiger partial charge on any atom is 0.0832 e. The van der Waals surface area contributed by atoms with Crippen molar-refractivity contribution in [3.8, 4) is 0 Å². The lowest BCUT2D eigenvalue weighted by atomic mass is 9.89. The summed E-state index contributed by atoms with van der Waals surface area (Å²) in [7, 11) is 0. The standard InChI is InChI=1S/C14H23NO/c1-5-12(8-15)14(16)13-7-10(3)9(2)6-11(13)4/h6-7,12,14,16H,5,8,15H2,1-4H3. The minimum Gasteiger partial charge on any atom is -0.388 e. The maximum atomic E-state index is 10.3. The average Bonchev–Trinajstić information content (AvgIpc) is 2.25. The van der Waals surface area contributed by atoms with E-state index in [0.29, 0.717) is 6.54 Å². The summed E-state index contributed by atoms with van der Waals surface area (Å²) in [5.41, 5.74) is 10.4. The Morgan fingerprint density at radius 2 is 1.69 bits per heavy atom. The zero-order chi connectivity index (χ0) is 12.3. The van der Waals surface area contributed by atoms with E-state index in [1.807, 2.05) is 6.92 Å². The second kappa shape index (κ2) is 5.46. The second-order valence-corrected chi connectivity index (χ2v) is 4.64. The van der Waals surface area contributed by atoms with Gasteiger partial charge in [0.05, 0.1) is 6.10 Å². The molecule has 1 rings (SSSR count). The molecule has 1 aromatic carbocycles. The van der Waals surface area contributed by atoms with Gasteiger partial charge in [-0.15, -0.1) is 0 Å². The van der Waals surface area contributed by atoms with Gasteiger partial charge >= 0.3 is 0 Å². The Bertz CT molecular complexity index is 356. The molecule has 1 aromatic rings. The zero-order valence-corrected chi connectivity index (χ0v) is 10.7. The lowest BCUT2D eigenvalue weighted by molar-refractivity contribution is 0.109. The molecule has 2 nitrogen and oxygen atoms in total. The SMILES string of the molecule is CCC(CN)C(O)c1cc(C)c(C)cc1C. The van der Waals surface area contributed by atoms with E-state index in [0.717, 1.165) is 17.5 Å². The van der Waals surface area contributed by atoms with Crippen LogP contribution in [0.15, 0.2) is 12.1 Å². The van der Waals surface area contributed by atoms with Crippen LogP contribution in [0.2, 0.25) is 0 Å². The Kier molecular flexibility index (Phi) is 4.51. The van der Waals surface area contributed by atoms with Crippen LogP contribution in [0.5, 0.6) is 0 Å². The van der Waals surface area contributed by atoms with Crippen LogP contribution in [0.1, 0.15) is 41.7 Å². The quantitative estimate of drug-likeness (QED) is 0.821. The molecule has 90 valence electrons. The van der Waals surface area contributed by atoms with E-state index >= 15 is 0 Å². The van der Waals surface area contributed by atoms with Crippen LogP contribution in [-0.4, -0.2) is 11.7 Å². The van der Waals surface area contributed by atoms with Crippen molar-refractivity contribution in [1.29, 1.82) is 0 Å². The van der Waals surface area contributed by atoms with Crippen molar-refractivity contribution in [2.24, 2.45) is 11.7 Å². The molecule has 0 radical (unpaired) electrons. The number of aliphatic hydroxyl groups is 1. The van der Waals surface area contributed by atoms with Crippen molar-refractivity contribution in [2.75, 3.05) is 6.54 Å². The highest BCUT2D eigenvalue weighted by Gasteiger charge is 2.19. The van der Waals surface area contributed by atoms with Gasteiger partial charge in [-0.3, -0.25) is 0 Å². The number of aryl methyl sites for hydroxylation is 3. The van der Waals surface area contributed by atoms with Gasteiger partial charge in [-0.25, -0.2) is 0 Å². The van der Waals surface area contributed by atoms with E-state index in [2.05, 4.69) is 32.9 Å². The van der Waals surface area contributed by atoms with Crippen LogP contribution in [0.25, 0.3) is 0 Å². The minimum atomic E-state index is -0.436.